The van der Waals surface area contributed by atoms with Crippen LogP contribution in [0.5, 0.6) is 0 Å². The van der Waals surface area contributed by atoms with Crippen molar-refractivity contribution < 1.29 is 13.5 Å². The second kappa shape index (κ2) is 4.15. The Kier molecular flexibility index (Phi) is 3.00. The molecule has 7 heteroatoms. The first-order chi connectivity index (χ1) is 7.57. The minimum absolute atomic E-state index is 0.00407. The molecule has 1 fully saturated rings. The van der Waals surface area contributed by atoms with Crippen LogP contribution in [0, 0.1) is 0 Å². The molecule has 0 saturated heterocycles. The first-order valence-electron chi connectivity index (χ1n) is 5.18. The average Bonchev–Trinajstić information content (AvgIpc) is 2.62. The van der Waals surface area contributed by atoms with Crippen LogP contribution in [0.3, 0.4) is 0 Å². The zero-order valence-electron chi connectivity index (χ0n) is 9.05. The predicted molar refractivity (Wildman–Crippen MR) is 57.1 cm³/mol. The van der Waals surface area contributed by atoms with Gasteiger partial charge in [0.2, 0.25) is 0 Å². The van der Waals surface area contributed by atoms with E-state index in [1.807, 2.05) is 0 Å². The monoisotopic (exact) mass is 245 g/mol. The summed E-state index contributed by atoms with van der Waals surface area (Å²) in [5, 5.41) is 15.1. The highest BCUT2D eigenvalue weighted by Crippen LogP contribution is 2.28. The molecule has 90 valence electrons. The number of aromatic nitrogens is 2. The Hall–Kier alpha value is -0.920. The van der Waals surface area contributed by atoms with Gasteiger partial charge >= 0.3 is 0 Å². The standard InChI is InChI=1S/C9H15N3O3S/c1-12(8-3-2-4-8)16(14,15)9-7(6-13)5-10-11-9/h5,8,13H,2-4,6H2,1H3,(H,10,11). The number of nitrogens with zero attached hydrogens (tertiary/aromatic N) is 2. The summed E-state index contributed by atoms with van der Waals surface area (Å²) in [4.78, 5) is 0. The Morgan fingerprint density at radius 3 is 2.81 bits per heavy atom. The minimum Gasteiger partial charge on any atom is -0.392 e. The Morgan fingerprint density at radius 1 is 1.62 bits per heavy atom. The van der Waals surface area contributed by atoms with Crippen LogP contribution in [0.15, 0.2) is 11.2 Å². The summed E-state index contributed by atoms with van der Waals surface area (Å²) in [6.07, 6.45) is 4.21. The van der Waals surface area contributed by atoms with E-state index in [1.54, 1.807) is 7.05 Å². The van der Waals surface area contributed by atoms with Crippen LogP contribution < -0.4 is 0 Å². The molecule has 0 aliphatic heterocycles. The van der Waals surface area contributed by atoms with E-state index >= 15 is 0 Å². The molecule has 1 heterocycles. The van der Waals surface area contributed by atoms with Crippen LogP contribution in [0.25, 0.3) is 0 Å². The second-order valence-corrected chi connectivity index (χ2v) is 5.92. The quantitative estimate of drug-likeness (QED) is 0.786. The van der Waals surface area contributed by atoms with Crippen molar-refractivity contribution in [3.05, 3.63) is 11.8 Å². The summed E-state index contributed by atoms with van der Waals surface area (Å²) in [7, 11) is -1.97. The molecule has 2 N–H and O–H groups in total. The van der Waals surface area contributed by atoms with E-state index in [2.05, 4.69) is 10.2 Å². The molecule has 1 aliphatic rings. The normalized spacial score (nSPS) is 17.7. The van der Waals surface area contributed by atoms with Crippen LogP contribution in [-0.2, 0) is 16.6 Å². The number of hydrogen-bond acceptors (Lipinski definition) is 4. The highest BCUT2D eigenvalue weighted by Gasteiger charge is 2.33. The van der Waals surface area contributed by atoms with Crippen LogP contribution >= 0.6 is 0 Å². The Bertz CT molecular complexity index is 464. The zero-order chi connectivity index (χ0) is 11.8. The zero-order valence-corrected chi connectivity index (χ0v) is 9.87. The van der Waals surface area contributed by atoms with E-state index in [0.29, 0.717) is 5.56 Å². The molecule has 0 unspecified atom stereocenters. The molecule has 16 heavy (non-hydrogen) atoms. The summed E-state index contributed by atoms with van der Waals surface area (Å²) in [6, 6.07) is 0.0832. The number of nitrogens with one attached hydrogen (secondary N) is 1. The molecule has 1 saturated carbocycles. The van der Waals surface area contributed by atoms with Crippen molar-refractivity contribution in [1.29, 1.82) is 0 Å². The van der Waals surface area contributed by atoms with Crippen LogP contribution in [0.4, 0.5) is 0 Å². The SMILES string of the molecule is CN(C1CCC1)S(=O)(=O)c1[nH]ncc1CO. The molecule has 1 aliphatic carbocycles. The van der Waals surface area contributed by atoms with Gasteiger partial charge < -0.3 is 5.11 Å². The van der Waals surface area contributed by atoms with Gasteiger partial charge in [-0.25, -0.2) is 8.42 Å². The lowest BCUT2D eigenvalue weighted by atomic mass is 9.94. The average molecular weight is 245 g/mol. The Balaban J connectivity index is 2.30. The largest absolute Gasteiger partial charge is 0.392 e. The number of aliphatic hydroxyl groups excluding tert-OH is 1. The Morgan fingerprint density at radius 2 is 2.31 bits per heavy atom. The van der Waals surface area contributed by atoms with Gasteiger partial charge in [-0.2, -0.15) is 9.40 Å². The molecule has 2 rings (SSSR count). The molecule has 1 aromatic rings. The van der Waals surface area contributed by atoms with Crippen molar-refractivity contribution in [3.8, 4) is 0 Å². The molecule has 0 bridgehead atoms. The maximum atomic E-state index is 12.2. The van der Waals surface area contributed by atoms with Crippen molar-refractivity contribution in [1.82, 2.24) is 14.5 Å². The van der Waals surface area contributed by atoms with E-state index in [0.717, 1.165) is 19.3 Å². The van der Waals surface area contributed by atoms with E-state index in [1.165, 1.54) is 10.5 Å². The summed E-state index contributed by atoms with van der Waals surface area (Å²) in [5.74, 6) is 0. The molecule has 0 radical (unpaired) electrons. The first kappa shape index (κ1) is 11.6. The highest BCUT2D eigenvalue weighted by molar-refractivity contribution is 7.89. The number of aromatic amines is 1. The van der Waals surface area contributed by atoms with Gasteiger partial charge in [0.25, 0.3) is 10.0 Å². The summed E-state index contributed by atoms with van der Waals surface area (Å²) in [6.45, 7) is -0.330. The number of rotatable bonds is 4. The predicted octanol–water partition coefficient (Wildman–Crippen LogP) is 0.0750. The molecule has 1 aromatic heterocycles. The Labute approximate surface area is 94.3 Å². The summed E-state index contributed by atoms with van der Waals surface area (Å²) < 4.78 is 25.7. The number of aliphatic hydroxyl groups is 1. The third-order valence-electron chi connectivity index (χ3n) is 3.07. The molecule has 0 amide bonds. The highest BCUT2D eigenvalue weighted by atomic mass is 32.2. The maximum Gasteiger partial charge on any atom is 0.260 e. The molecule has 0 spiro atoms. The second-order valence-electron chi connectivity index (χ2n) is 3.99. The lowest BCUT2D eigenvalue weighted by Gasteiger charge is -2.33. The van der Waals surface area contributed by atoms with Gasteiger partial charge in [-0.3, -0.25) is 5.10 Å². The van der Waals surface area contributed by atoms with Crippen molar-refractivity contribution in [2.24, 2.45) is 0 Å². The number of hydrogen-bond donors (Lipinski definition) is 2. The topological polar surface area (TPSA) is 86.3 Å². The van der Waals surface area contributed by atoms with Crippen molar-refractivity contribution in [3.63, 3.8) is 0 Å². The molecule has 0 atom stereocenters. The minimum atomic E-state index is -3.54. The molecule has 6 nitrogen and oxygen atoms in total. The van der Waals surface area contributed by atoms with Gasteiger partial charge in [0.05, 0.1) is 12.8 Å². The van der Waals surface area contributed by atoms with E-state index in [9.17, 15) is 8.42 Å². The summed E-state index contributed by atoms with van der Waals surface area (Å²) >= 11 is 0. The van der Waals surface area contributed by atoms with Crippen molar-refractivity contribution in [2.45, 2.75) is 36.9 Å². The van der Waals surface area contributed by atoms with Crippen LogP contribution in [-0.4, -0.2) is 41.1 Å². The van der Waals surface area contributed by atoms with Gasteiger partial charge in [-0.1, -0.05) is 6.42 Å². The fourth-order valence-electron chi connectivity index (χ4n) is 1.73. The van der Waals surface area contributed by atoms with Gasteiger partial charge in [-0.15, -0.1) is 0 Å². The molecule has 0 aromatic carbocycles. The van der Waals surface area contributed by atoms with E-state index < -0.39 is 10.0 Å². The van der Waals surface area contributed by atoms with E-state index in [4.69, 9.17) is 5.11 Å². The smallest absolute Gasteiger partial charge is 0.260 e. The van der Waals surface area contributed by atoms with Crippen LogP contribution in [0.1, 0.15) is 24.8 Å². The number of sulfonamides is 1. The van der Waals surface area contributed by atoms with Gasteiger partial charge in [0.1, 0.15) is 0 Å². The molecular weight excluding hydrogens is 230 g/mol. The fraction of sp³-hybridized carbons (Fsp3) is 0.667. The van der Waals surface area contributed by atoms with E-state index in [-0.39, 0.29) is 17.7 Å². The number of H-pyrrole nitrogens is 1. The van der Waals surface area contributed by atoms with Crippen molar-refractivity contribution in [2.75, 3.05) is 7.05 Å². The first-order valence-corrected chi connectivity index (χ1v) is 6.62. The van der Waals surface area contributed by atoms with Crippen LogP contribution in [0.2, 0.25) is 0 Å². The fourth-order valence-corrected chi connectivity index (χ4v) is 3.23. The lowest BCUT2D eigenvalue weighted by molar-refractivity contribution is 0.247. The lowest BCUT2D eigenvalue weighted by Crippen LogP contribution is -2.41. The third kappa shape index (κ3) is 1.74. The van der Waals surface area contributed by atoms with Gasteiger partial charge in [0.15, 0.2) is 5.03 Å². The third-order valence-corrected chi connectivity index (χ3v) is 5.00. The van der Waals surface area contributed by atoms with Gasteiger partial charge in [-0.05, 0) is 12.8 Å². The van der Waals surface area contributed by atoms with Gasteiger partial charge in [0, 0.05) is 18.7 Å². The molecular formula is C9H15N3O3S. The summed E-state index contributed by atoms with van der Waals surface area (Å²) in [5.41, 5.74) is 0.311. The maximum absolute atomic E-state index is 12.2. The van der Waals surface area contributed by atoms with Crippen molar-refractivity contribution >= 4 is 10.0 Å².